The third kappa shape index (κ3) is 1.46. The first kappa shape index (κ1) is 8.35. The summed E-state index contributed by atoms with van der Waals surface area (Å²) in [6, 6.07) is 0. The predicted octanol–water partition coefficient (Wildman–Crippen LogP) is -0.0173. The van der Waals surface area contributed by atoms with Crippen molar-refractivity contribution in [1.29, 1.82) is 0 Å². The molecule has 1 aliphatic heterocycles. The van der Waals surface area contributed by atoms with Crippen LogP contribution in [0, 0.1) is 0 Å². The van der Waals surface area contributed by atoms with Gasteiger partial charge in [0.15, 0.2) is 11.8 Å². The largest absolute Gasteiger partial charge is 0.475 e. The standard InChI is InChI=1S/C5H9NO4S/c1-4-5(11(7,8)9)6(2)3-10-4/h3H2,1-2H3,(H,7,8,9). The summed E-state index contributed by atoms with van der Waals surface area (Å²) in [4.78, 5) is 1.32. The number of nitrogens with zero attached hydrogens (tertiary/aromatic N) is 1. The summed E-state index contributed by atoms with van der Waals surface area (Å²) in [5.41, 5.74) is 0. The molecule has 6 heteroatoms. The minimum absolute atomic E-state index is 0.155. The lowest BCUT2D eigenvalue weighted by atomic mass is 10.6. The molecule has 0 radical (unpaired) electrons. The third-order valence-electron chi connectivity index (χ3n) is 1.37. The minimum atomic E-state index is -4.12. The van der Waals surface area contributed by atoms with E-state index in [9.17, 15) is 8.42 Å². The zero-order valence-corrected chi connectivity index (χ0v) is 7.05. The number of hydrogen-bond donors (Lipinski definition) is 1. The SMILES string of the molecule is CC1=C(S(=O)(=O)O)N(C)CO1. The van der Waals surface area contributed by atoms with Gasteiger partial charge in [0.25, 0.3) is 0 Å². The number of hydrogen-bond acceptors (Lipinski definition) is 4. The van der Waals surface area contributed by atoms with E-state index in [2.05, 4.69) is 0 Å². The van der Waals surface area contributed by atoms with Crippen molar-refractivity contribution in [2.75, 3.05) is 13.8 Å². The van der Waals surface area contributed by atoms with Crippen molar-refractivity contribution in [3.63, 3.8) is 0 Å². The van der Waals surface area contributed by atoms with Crippen molar-refractivity contribution in [1.82, 2.24) is 4.90 Å². The molecular weight excluding hydrogens is 170 g/mol. The lowest BCUT2D eigenvalue weighted by Crippen LogP contribution is -2.19. The van der Waals surface area contributed by atoms with E-state index in [-0.39, 0.29) is 17.5 Å². The summed E-state index contributed by atoms with van der Waals surface area (Å²) in [6.07, 6.45) is 0. The molecule has 64 valence electrons. The lowest BCUT2D eigenvalue weighted by Gasteiger charge is -2.09. The van der Waals surface area contributed by atoms with Gasteiger partial charge in [-0.2, -0.15) is 8.42 Å². The first-order valence-electron chi connectivity index (χ1n) is 2.95. The van der Waals surface area contributed by atoms with Crippen LogP contribution in [0.5, 0.6) is 0 Å². The molecule has 0 aromatic carbocycles. The van der Waals surface area contributed by atoms with Gasteiger partial charge < -0.3 is 9.64 Å². The van der Waals surface area contributed by atoms with Crippen molar-refractivity contribution < 1.29 is 17.7 Å². The molecule has 0 fully saturated rings. The average Bonchev–Trinajstić information content (AvgIpc) is 2.08. The molecule has 0 spiro atoms. The topological polar surface area (TPSA) is 66.8 Å². The van der Waals surface area contributed by atoms with Crippen LogP contribution in [0.3, 0.4) is 0 Å². The van der Waals surface area contributed by atoms with E-state index in [4.69, 9.17) is 9.29 Å². The maximum absolute atomic E-state index is 10.6. The van der Waals surface area contributed by atoms with Gasteiger partial charge in [0.1, 0.15) is 5.76 Å². The molecule has 0 aromatic rings. The van der Waals surface area contributed by atoms with Crippen LogP contribution in [-0.2, 0) is 14.9 Å². The zero-order valence-electron chi connectivity index (χ0n) is 6.23. The van der Waals surface area contributed by atoms with Gasteiger partial charge >= 0.3 is 10.1 Å². The molecule has 0 amide bonds. The Morgan fingerprint density at radius 3 is 2.36 bits per heavy atom. The van der Waals surface area contributed by atoms with E-state index >= 15 is 0 Å². The van der Waals surface area contributed by atoms with Gasteiger partial charge in [-0.05, 0) is 6.92 Å². The second kappa shape index (κ2) is 2.38. The molecule has 1 N–H and O–H groups in total. The number of rotatable bonds is 1. The quantitative estimate of drug-likeness (QED) is 0.573. The molecule has 0 saturated carbocycles. The van der Waals surface area contributed by atoms with E-state index in [0.717, 1.165) is 0 Å². The normalized spacial score (nSPS) is 19.0. The van der Waals surface area contributed by atoms with Crippen LogP contribution < -0.4 is 0 Å². The maximum atomic E-state index is 10.6. The van der Waals surface area contributed by atoms with Crippen molar-refractivity contribution in [2.24, 2.45) is 0 Å². The predicted molar refractivity (Wildman–Crippen MR) is 38.0 cm³/mol. The van der Waals surface area contributed by atoms with Gasteiger partial charge in [-0.1, -0.05) is 0 Å². The monoisotopic (exact) mass is 179 g/mol. The highest BCUT2D eigenvalue weighted by Gasteiger charge is 2.27. The summed E-state index contributed by atoms with van der Waals surface area (Å²) in [7, 11) is -2.59. The van der Waals surface area contributed by atoms with E-state index in [0.29, 0.717) is 0 Å². The highest BCUT2D eigenvalue weighted by atomic mass is 32.2. The molecule has 0 atom stereocenters. The number of ether oxygens (including phenoxy) is 1. The van der Waals surface area contributed by atoms with Crippen LogP contribution in [0.2, 0.25) is 0 Å². The zero-order chi connectivity index (χ0) is 8.65. The Morgan fingerprint density at radius 2 is 2.18 bits per heavy atom. The Morgan fingerprint density at radius 1 is 1.64 bits per heavy atom. The Bertz CT molecular complexity index is 292. The van der Waals surface area contributed by atoms with Gasteiger partial charge in [-0.3, -0.25) is 4.55 Å². The maximum Gasteiger partial charge on any atom is 0.313 e. The molecule has 11 heavy (non-hydrogen) atoms. The Hall–Kier alpha value is -0.750. The Labute approximate surface area is 65.0 Å². The van der Waals surface area contributed by atoms with Gasteiger partial charge in [-0.25, -0.2) is 0 Å². The molecule has 0 aliphatic carbocycles. The van der Waals surface area contributed by atoms with E-state index < -0.39 is 10.1 Å². The molecule has 0 bridgehead atoms. The van der Waals surface area contributed by atoms with Gasteiger partial charge in [0.05, 0.1) is 0 Å². The van der Waals surface area contributed by atoms with Crippen LogP contribution in [0.1, 0.15) is 6.92 Å². The fourth-order valence-electron chi connectivity index (χ4n) is 0.961. The van der Waals surface area contributed by atoms with Crippen LogP contribution in [0.15, 0.2) is 10.8 Å². The van der Waals surface area contributed by atoms with E-state index in [1.165, 1.54) is 18.9 Å². The molecule has 0 saturated heterocycles. The highest BCUT2D eigenvalue weighted by Crippen LogP contribution is 2.21. The van der Waals surface area contributed by atoms with Crippen molar-refractivity contribution >= 4 is 10.1 Å². The fraction of sp³-hybridized carbons (Fsp3) is 0.600. The van der Waals surface area contributed by atoms with Crippen LogP contribution >= 0.6 is 0 Å². The molecule has 0 unspecified atom stereocenters. The fourth-order valence-corrected chi connectivity index (χ4v) is 1.83. The molecule has 1 aliphatic rings. The van der Waals surface area contributed by atoms with E-state index in [1.807, 2.05) is 0 Å². The van der Waals surface area contributed by atoms with Crippen LogP contribution in [0.4, 0.5) is 0 Å². The summed E-state index contributed by atoms with van der Waals surface area (Å²) in [5, 5.41) is -0.155. The minimum Gasteiger partial charge on any atom is -0.475 e. The molecule has 5 nitrogen and oxygen atoms in total. The Balaban J connectivity index is 3.12. The molecule has 0 aromatic heterocycles. The second-order valence-electron chi connectivity index (χ2n) is 2.31. The van der Waals surface area contributed by atoms with E-state index in [1.54, 1.807) is 0 Å². The van der Waals surface area contributed by atoms with Crippen molar-refractivity contribution in [2.45, 2.75) is 6.92 Å². The summed E-state index contributed by atoms with van der Waals surface area (Å²) in [6.45, 7) is 1.66. The van der Waals surface area contributed by atoms with Crippen LogP contribution in [0.25, 0.3) is 0 Å². The van der Waals surface area contributed by atoms with Gasteiger partial charge in [0.2, 0.25) is 0 Å². The highest BCUT2D eigenvalue weighted by molar-refractivity contribution is 7.89. The first-order valence-corrected chi connectivity index (χ1v) is 4.39. The third-order valence-corrected chi connectivity index (χ3v) is 2.45. The van der Waals surface area contributed by atoms with Crippen molar-refractivity contribution in [3.8, 4) is 0 Å². The molecule has 1 rings (SSSR count). The van der Waals surface area contributed by atoms with Gasteiger partial charge in [-0.15, -0.1) is 0 Å². The summed E-state index contributed by atoms with van der Waals surface area (Å²) >= 11 is 0. The smallest absolute Gasteiger partial charge is 0.313 e. The summed E-state index contributed by atoms with van der Waals surface area (Å²) in [5.74, 6) is 0.231. The van der Waals surface area contributed by atoms with Gasteiger partial charge in [0, 0.05) is 7.05 Å². The Kier molecular flexibility index (Phi) is 1.81. The number of allylic oxidation sites excluding steroid dienone is 1. The lowest BCUT2D eigenvalue weighted by molar-refractivity contribution is 0.169. The second-order valence-corrected chi connectivity index (χ2v) is 3.64. The first-order chi connectivity index (χ1) is 4.93. The van der Waals surface area contributed by atoms with Crippen molar-refractivity contribution in [3.05, 3.63) is 10.8 Å². The molecular formula is C5H9NO4S. The molecule has 1 heterocycles. The summed E-state index contributed by atoms with van der Waals surface area (Å²) < 4.78 is 34.8. The average molecular weight is 179 g/mol. The van der Waals surface area contributed by atoms with Crippen LogP contribution in [-0.4, -0.2) is 31.6 Å².